The fraction of sp³-hybridized carbons (Fsp3) is 0.667. The molecular weight excluding hydrogens is 1020 g/mol. The number of rotatable bonds is 38. The summed E-state index contributed by atoms with van der Waals surface area (Å²) in [7, 11) is -8.99. The molecule has 0 bridgehead atoms. The third kappa shape index (κ3) is 25.5. The van der Waals surface area contributed by atoms with E-state index in [4.69, 9.17) is 0 Å². The van der Waals surface area contributed by atoms with Gasteiger partial charge in [0.15, 0.2) is 0 Å². The molecular formula is C60H94BaO6S2. The van der Waals surface area contributed by atoms with Gasteiger partial charge < -0.3 is 9.11 Å². The summed E-state index contributed by atoms with van der Waals surface area (Å²) in [6.45, 7) is 8.99. The molecule has 0 aromatic heterocycles. The number of unbranched alkanes of at least 4 members (excludes halogenated alkanes) is 28. The molecule has 0 N–H and O–H groups in total. The van der Waals surface area contributed by atoms with Crippen molar-refractivity contribution in [1.82, 2.24) is 0 Å². The minimum atomic E-state index is -4.49. The smallest absolute Gasteiger partial charge is 0.744 e. The van der Waals surface area contributed by atoms with Crippen molar-refractivity contribution in [1.29, 1.82) is 0 Å². The normalized spacial score (nSPS) is 11.8. The Kier molecular flexibility index (Phi) is 35.5. The quantitative estimate of drug-likeness (QED) is 0.0251. The fourth-order valence-electron chi connectivity index (χ4n) is 10.1. The van der Waals surface area contributed by atoms with E-state index in [0.29, 0.717) is 10.8 Å². The number of hydrogen-bond donors (Lipinski definition) is 0. The first kappa shape index (κ1) is 63.9. The summed E-state index contributed by atoms with van der Waals surface area (Å²) in [5.41, 5.74) is 4.79. The molecule has 0 radical (unpaired) electrons. The van der Waals surface area contributed by atoms with Gasteiger partial charge in [-0.2, -0.15) is 0 Å². The van der Waals surface area contributed by atoms with Crippen LogP contribution in [0.1, 0.15) is 255 Å². The number of fused-ring (bicyclic) bond motifs is 2. The average Bonchev–Trinajstić information content (AvgIpc) is 3.31. The molecule has 0 unspecified atom stereocenters. The largest absolute Gasteiger partial charge is 2.00 e. The van der Waals surface area contributed by atoms with Crippen molar-refractivity contribution in [3.63, 3.8) is 0 Å². The van der Waals surface area contributed by atoms with Crippen LogP contribution in [0, 0.1) is 0 Å². The third-order valence-electron chi connectivity index (χ3n) is 14.1. The van der Waals surface area contributed by atoms with Crippen molar-refractivity contribution in [2.24, 2.45) is 0 Å². The van der Waals surface area contributed by atoms with Gasteiger partial charge in [-0.1, -0.05) is 256 Å². The summed E-state index contributed by atoms with van der Waals surface area (Å²) in [5.74, 6) is 0. The van der Waals surface area contributed by atoms with Crippen LogP contribution >= 0.6 is 0 Å². The van der Waals surface area contributed by atoms with Gasteiger partial charge in [-0.25, -0.2) is 16.8 Å². The minimum Gasteiger partial charge on any atom is -0.744 e. The fourth-order valence-corrected chi connectivity index (χ4v) is 11.5. The maximum atomic E-state index is 11.9. The predicted octanol–water partition coefficient (Wildman–Crippen LogP) is 17.8. The molecule has 0 heterocycles. The van der Waals surface area contributed by atoms with Crippen molar-refractivity contribution >= 4 is 90.7 Å². The zero-order chi connectivity index (χ0) is 49.3. The van der Waals surface area contributed by atoms with E-state index >= 15 is 0 Å². The van der Waals surface area contributed by atoms with Gasteiger partial charge in [-0.15, -0.1) is 0 Å². The molecule has 4 aromatic rings. The maximum Gasteiger partial charge on any atom is 2.00 e. The Morgan fingerprint density at radius 2 is 0.522 bits per heavy atom. The van der Waals surface area contributed by atoms with Gasteiger partial charge in [0.2, 0.25) is 0 Å². The first-order valence-electron chi connectivity index (χ1n) is 28.0. The van der Waals surface area contributed by atoms with E-state index < -0.39 is 20.2 Å². The SMILES string of the molecule is CCCCCCCCCCc1cccc2c(S(=O)(=O)[O-])ccc(CCCCCCCCCC)c12.CCCCCCCCCCc1cccc2c(S(=O)(=O)[O-])ccc(CCCCCCCCCC)c12.[Ba+2]. The predicted molar refractivity (Wildman–Crippen MR) is 295 cm³/mol. The van der Waals surface area contributed by atoms with Crippen LogP contribution in [0.5, 0.6) is 0 Å². The molecule has 4 rings (SSSR count). The van der Waals surface area contributed by atoms with Crippen LogP contribution < -0.4 is 0 Å². The van der Waals surface area contributed by atoms with Crippen LogP contribution in [0.15, 0.2) is 70.5 Å². The van der Waals surface area contributed by atoms with Crippen LogP contribution in [0.3, 0.4) is 0 Å². The maximum absolute atomic E-state index is 11.9. The zero-order valence-electron chi connectivity index (χ0n) is 44.2. The molecule has 384 valence electrons. The molecule has 6 nitrogen and oxygen atoms in total. The second-order valence-electron chi connectivity index (χ2n) is 19.9. The van der Waals surface area contributed by atoms with Crippen molar-refractivity contribution < 1.29 is 25.9 Å². The molecule has 0 aliphatic heterocycles. The number of hydrogen-bond acceptors (Lipinski definition) is 6. The number of benzene rings is 4. The first-order chi connectivity index (χ1) is 33.0. The molecule has 0 saturated carbocycles. The summed E-state index contributed by atoms with van der Waals surface area (Å²) in [6.07, 6.45) is 44.4. The van der Waals surface area contributed by atoms with Crippen molar-refractivity contribution in [2.45, 2.75) is 269 Å². The molecule has 69 heavy (non-hydrogen) atoms. The van der Waals surface area contributed by atoms with Crippen LogP contribution in [-0.4, -0.2) is 74.8 Å². The topological polar surface area (TPSA) is 114 Å². The Morgan fingerprint density at radius 3 is 0.754 bits per heavy atom. The van der Waals surface area contributed by atoms with Gasteiger partial charge in [0.1, 0.15) is 20.2 Å². The van der Waals surface area contributed by atoms with Crippen molar-refractivity contribution in [3.8, 4) is 0 Å². The Hall–Kier alpha value is -1.21. The van der Waals surface area contributed by atoms with Crippen LogP contribution in [-0.2, 0) is 45.9 Å². The van der Waals surface area contributed by atoms with Gasteiger partial charge in [-0.3, -0.25) is 0 Å². The standard InChI is InChI=1S/2C30H48O3S.Ba/c2*1-3-5-7-9-11-13-15-17-20-26-22-19-23-28-29(34(31,32)33)25-24-27(30(26)28)21-18-16-14-12-10-8-6-4-2;/h2*19,22-25H,3-18,20-21H2,1-2H3,(H,31,32,33);/q;;+2/p-2. The van der Waals surface area contributed by atoms with Crippen molar-refractivity contribution in [3.05, 3.63) is 82.9 Å². The third-order valence-corrected chi connectivity index (χ3v) is 15.9. The molecule has 9 heteroatoms. The van der Waals surface area contributed by atoms with Gasteiger partial charge in [0, 0.05) is 0 Å². The zero-order valence-corrected chi connectivity index (χ0v) is 50.3. The molecule has 0 fully saturated rings. The Labute approximate surface area is 463 Å². The van der Waals surface area contributed by atoms with Crippen LogP contribution in [0.25, 0.3) is 21.5 Å². The van der Waals surface area contributed by atoms with E-state index in [-0.39, 0.29) is 58.7 Å². The summed E-state index contributed by atoms with van der Waals surface area (Å²) in [6, 6.07) is 18.6. The van der Waals surface area contributed by atoms with E-state index in [9.17, 15) is 25.9 Å². The first-order valence-corrected chi connectivity index (χ1v) is 30.8. The molecule has 0 amide bonds. The van der Waals surface area contributed by atoms with Crippen LogP contribution in [0.4, 0.5) is 0 Å². The summed E-state index contributed by atoms with van der Waals surface area (Å²) < 4.78 is 71.6. The summed E-state index contributed by atoms with van der Waals surface area (Å²) >= 11 is 0. The minimum absolute atomic E-state index is 0. The van der Waals surface area contributed by atoms with E-state index in [0.717, 1.165) is 62.1 Å². The molecule has 4 aromatic carbocycles. The van der Waals surface area contributed by atoms with Crippen molar-refractivity contribution in [2.75, 3.05) is 0 Å². The second-order valence-corrected chi connectivity index (χ2v) is 22.6. The Balaban J connectivity index is 0.000000467. The summed E-state index contributed by atoms with van der Waals surface area (Å²) in [5, 5.41) is 3.27. The van der Waals surface area contributed by atoms with E-state index in [2.05, 4.69) is 39.8 Å². The summed E-state index contributed by atoms with van der Waals surface area (Å²) in [4.78, 5) is -0.139. The Bertz CT molecular complexity index is 1980. The molecule has 0 spiro atoms. The molecule has 0 saturated heterocycles. The van der Waals surface area contributed by atoms with Gasteiger partial charge in [-0.05, 0) is 107 Å². The van der Waals surface area contributed by atoms with Crippen LogP contribution in [0.2, 0.25) is 0 Å². The Morgan fingerprint density at radius 1 is 0.304 bits per heavy atom. The van der Waals surface area contributed by atoms with E-state index in [1.807, 2.05) is 36.4 Å². The number of aryl methyl sites for hydroxylation is 4. The van der Waals surface area contributed by atoms with Gasteiger partial charge in [0.05, 0.1) is 9.79 Å². The van der Waals surface area contributed by atoms with Gasteiger partial charge in [0.25, 0.3) is 0 Å². The average molecular weight is 1110 g/mol. The van der Waals surface area contributed by atoms with E-state index in [1.54, 1.807) is 0 Å². The van der Waals surface area contributed by atoms with E-state index in [1.165, 1.54) is 214 Å². The second kappa shape index (κ2) is 38.4. The monoisotopic (exact) mass is 1110 g/mol. The molecule has 0 aliphatic carbocycles. The molecule has 0 atom stereocenters. The molecule has 0 aliphatic rings. The van der Waals surface area contributed by atoms with Gasteiger partial charge >= 0.3 is 48.9 Å².